The third kappa shape index (κ3) is 6.95. The first-order valence-electron chi connectivity index (χ1n) is 11.0. The highest BCUT2D eigenvalue weighted by Gasteiger charge is 2.10. The van der Waals surface area contributed by atoms with Gasteiger partial charge < -0.3 is 11.1 Å². The zero-order chi connectivity index (χ0) is 24.6. The summed E-state index contributed by atoms with van der Waals surface area (Å²) in [7, 11) is 1.88. The van der Waals surface area contributed by atoms with E-state index >= 15 is 0 Å². The zero-order valence-corrected chi connectivity index (χ0v) is 20.0. The van der Waals surface area contributed by atoms with Gasteiger partial charge in [0.25, 0.3) is 5.91 Å². The normalized spacial score (nSPS) is 10.5. The van der Waals surface area contributed by atoms with Crippen molar-refractivity contribution in [1.82, 2.24) is 20.1 Å². The number of aryl methyl sites for hydroxylation is 1. The monoisotopic (exact) mass is 485 g/mol. The molecule has 0 atom stereocenters. The van der Waals surface area contributed by atoms with Crippen molar-refractivity contribution < 1.29 is 9.18 Å². The van der Waals surface area contributed by atoms with E-state index in [-0.39, 0.29) is 11.7 Å². The number of nitrogens with one attached hydrogen (secondary N) is 1. The minimum Gasteiger partial charge on any atom is -0.384 e. The maximum atomic E-state index is 13.2. The lowest BCUT2D eigenvalue weighted by Crippen LogP contribution is -2.25. The van der Waals surface area contributed by atoms with Crippen molar-refractivity contribution in [3.05, 3.63) is 107 Å². The number of nitrogens with two attached hydrogens (primary N) is 1. The highest BCUT2D eigenvalue weighted by Crippen LogP contribution is 2.26. The number of thioether (sulfide) groups is 1. The third-order valence-electron chi connectivity index (χ3n) is 5.12. The van der Waals surface area contributed by atoms with Crippen LogP contribution in [0.3, 0.4) is 0 Å². The summed E-state index contributed by atoms with van der Waals surface area (Å²) in [4.78, 5) is 17.8. The molecule has 4 aromatic rings. The lowest BCUT2D eigenvalue weighted by Gasteiger charge is -2.09. The van der Waals surface area contributed by atoms with E-state index in [9.17, 15) is 9.18 Å². The average molecular weight is 486 g/mol. The topological polar surface area (TPSA) is 85.8 Å². The average Bonchev–Trinajstić information content (AvgIpc) is 3.28. The first-order valence-corrected chi connectivity index (χ1v) is 12.0. The van der Waals surface area contributed by atoms with Gasteiger partial charge in [-0.3, -0.25) is 9.48 Å². The SMILES string of the molecule is Cn1ccc(CSc2ccc(C(=O)NCCc3ccc(N)nc3)cc2C#Cc2ccc(F)cc2)n1. The third-order valence-corrected chi connectivity index (χ3v) is 6.23. The van der Waals surface area contributed by atoms with Crippen molar-refractivity contribution in [3.8, 4) is 11.8 Å². The summed E-state index contributed by atoms with van der Waals surface area (Å²) >= 11 is 1.60. The molecule has 176 valence electrons. The fraction of sp³-hybridized carbons (Fsp3) is 0.148. The highest BCUT2D eigenvalue weighted by molar-refractivity contribution is 7.98. The van der Waals surface area contributed by atoms with Crippen LogP contribution in [0.2, 0.25) is 0 Å². The molecule has 8 heteroatoms. The van der Waals surface area contributed by atoms with Crippen LogP contribution in [0.25, 0.3) is 0 Å². The largest absolute Gasteiger partial charge is 0.384 e. The molecular weight excluding hydrogens is 461 g/mol. The molecule has 35 heavy (non-hydrogen) atoms. The molecule has 0 radical (unpaired) electrons. The van der Waals surface area contributed by atoms with Crippen LogP contribution in [0.15, 0.2) is 78.0 Å². The smallest absolute Gasteiger partial charge is 0.251 e. The van der Waals surface area contributed by atoms with E-state index in [1.165, 1.54) is 12.1 Å². The van der Waals surface area contributed by atoms with Gasteiger partial charge in [-0.05, 0) is 66.6 Å². The first kappa shape index (κ1) is 24.0. The maximum Gasteiger partial charge on any atom is 0.251 e. The number of aromatic nitrogens is 3. The molecule has 0 unspecified atom stereocenters. The van der Waals surface area contributed by atoms with Gasteiger partial charge in [-0.25, -0.2) is 9.37 Å². The van der Waals surface area contributed by atoms with E-state index < -0.39 is 0 Å². The van der Waals surface area contributed by atoms with Gasteiger partial charge in [0.2, 0.25) is 0 Å². The van der Waals surface area contributed by atoms with Crippen LogP contribution in [0.1, 0.15) is 32.7 Å². The summed E-state index contributed by atoms with van der Waals surface area (Å²) in [6.07, 6.45) is 4.26. The molecule has 0 fully saturated rings. The Labute approximate surface area is 207 Å². The van der Waals surface area contributed by atoms with Crippen LogP contribution >= 0.6 is 11.8 Å². The first-order chi connectivity index (χ1) is 17.0. The number of carbonyl (C=O) groups is 1. The van der Waals surface area contributed by atoms with Crippen molar-refractivity contribution in [3.63, 3.8) is 0 Å². The van der Waals surface area contributed by atoms with Gasteiger partial charge in [0.05, 0.1) is 5.69 Å². The van der Waals surface area contributed by atoms with Gasteiger partial charge >= 0.3 is 0 Å². The second kappa shape index (κ2) is 11.4. The molecule has 4 rings (SSSR count). The summed E-state index contributed by atoms with van der Waals surface area (Å²) in [5, 5.41) is 7.36. The van der Waals surface area contributed by atoms with E-state index in [1.54, 1.807) is 53.0 Å². The number of halogens is 1. The Balaban J connectivity index is 1.50. The van der Waals surface area contributed by atoms with Gasteiger partial charge in [0.15, 0.2) is 0 Å². The van der Waals surface area contributed by atoms with Crippen LogP contribution < -0.4 is 11.1 Å². The van der Waals surface area contributed by atoms with E-state index in [0.717, 1.165) is 21.7 Å². The van der Waals surface area contributed by atoms with Gasteiger partial charge in [-0.15, -0.1) is 11.8 Å². The van der Waals surface area contributed by atoms with Crippen LogP contribution in [-0.4, -0.2) is 27.2 Å². The number of amides is 1. The number of anilines is 1. The minimum absolute atomic E-state index is 0.181. The zero-order valence-electron chi connectivity index (χ0n) is 19.2. The summed E-state index contributed by atoms with van der Waals surface area (Å²) in [5.74, 6) is 6.87. The van der Waals surface area contributed by atoms with Crippen LogP contribution in [0.5, 0.6) is 0 Å². The molecule has 0 aliphatic rings. The van der Waals surface area contributed by atoms with E-state index in [2.05, 4.69) is 27.2 Å². The van der Waals surface area contributed by atoms with Crippen molar-refractivity contribution in [2.45, 2.75) is 17.1 Å². The Morgan fingerprint density at radius 1 is 1.11 bits per heavy atom. The minimum atomic E-state index is -0.310. The molecule has 2 aromatic carbocycles. The number of benzene rings is 2. The molecule has 0 spiro atoms. The number of nitrogen functional groups attached to an aromatic ring is 1. The van der Waals surface area contributed by atoms with Crippen LogP contribution in [0, 0.1) is 17.7 Å². The number of rotatable bonds is 7. The fourth-order valence-corrected chi connectivity index (χ4v) is 4.15. The summed E-state index contributed by atoms with van der Waals surface area (Å²) < 4.78 is 15.0. The molecule has 0 aliphatic carbocycles. The number of hydrogen-bond donors (Lipinski definition) is 2. The Morgan fingerprint density at radius 3 is 2.66 bits per heavy atom. The molecule has 1 amide bonds. The Bertz CT molecular complexity index is 1370. The molecule has 0 aliphatic heterocycles. The Morgan fingerprint density at radius 2 is 1.94 bits per heavy atom. The quantitative estimate of drug-likeness (QED) is 0.303. The number of pyridine rings is 1. The summed E-state index contributed by atoms with van der Waals surface area (Å²) in [6.45, 7) is 0.469. The van der Waals surface area contributed by atoms with Crippen molar-refractivity contribution in [2.24, 2.45) is 7.05 Å². The van der Waals surface area contributed by atoms with Crippen molar-refractivity contribution >= 4 is 23.5 Å². The Kier molecular flexibility index (Phi) is 7.81. The van der Waals surface area contributed by atoms with E-state index in [0.29, 0.717) is 35.7 Å². The van der Waals surface area contributed by atoms with Crippen LogP contribution in [0.4, 0.5) is 10.2 Å². The summed E-state index contributed by atoms with van der Waals surface area (Å²) in [6, 6.07) is 17.1. The highest BCUT2D eigenvalue weighted by atomic mass is 32.2. The van der Waals surface area contributed by atoms with Crippen LogP contribution in [-0.2, 0) is 19.2 Å². The van der Waals surface area contributed by atoms with E-state index in [1.807, 2.05) is 31.4 Å². The van der Waals surface area contributed by atoms with Crippen molar-refractivity contribution in [1.29, 1.82) is 0 Å². The van der Waals surface area contributed by atoms with Gasteiger partial charge in [0.1, 0.15) is 11.6 Å². The Hall–Kier alpha value is -4.09. The second-order valence-electron chi connectivity index (χ2n) is 7.83. The fourth-order valence-electron chi connectivity index (χ4n) is 3.27. The number of nitrogens with zero attached hydrogens (tertiary/aromatic N) is 3. The molecule has 6 nitrogen and oxygen atoms in total. The lowest BCUT2D eigenvalue weighted by atomic mass is 10.1. The standard InChI is InChI=1S/C27H24FN5OS/c1-33-15-13-24(32-33)18-35-25-10-7-22(16-21(25)6-2-19-3-8-23(28)9-4-19)27(34)30-14-12-20-5-11-26(29)31-17-20/h3-5,7-11,13,15-17H,12,14,18H2,1H3,(H2,29,31)(H,30,34). The predicted molar refractivity (Wildman–Crippen MR) is 136 cm³/mol. The van der Waals surface area contributed by atoms with Gasteiger partial charge in [-0.2, -0.15) is 5.10 Å². The lowest BCUT2D eigenvalue weighted by molar-refractivity contribution is 0.0954. The maximum absolute atomic E-state index is 13.2. The molecule has 2 heterocycles. The number of carbonyl (C=O) groups excluding carboxylic acids is 1. The van der Waals surface area contributed by atoms with E-state index in [4.69, 9.17) is 5.73 Å². The molecular formula is C27H24FN5OS. The molecule has 2 aromatic heterocycles. The molecule has 0 saturated carbocycles. The molecule has 0 saturated heterocycles. The molecule has 0 bridgehead atoms. The predicted octanol–water partition coefficient (Wildman–Crippen LogP) is 4.20. The summed E-state index contributed by atoms with van der Waals surface area (Å²) in [5.41, 5.74) is 9.50. The second-order valence-corrected chi connectivity index (χ2v) is 8.85. The molecule has 3 N–H and O–H groups in total. The number of hydrogen-bond acceptors (Lipinski definition) is 5. The van der Waals surface area contributed by atoms with Gasteiger partial charge in [-0.1, -0.05) is 17.9 Å². The van der Waals surface area contributed by atoms with Gasteiger partial charge in [0, 0.05) is 53.3 Å². The van der Waals surface area contributed by atoms with Crippen molar-refractivity contribution in [2.75, 3.05) is 12.3 Å².